The first-order valence-electron chi connectivity index (χ1n) is 8.97. The lowest BCUT2D eigenvalue weighted by atomic mass is 10.2. The molecule has 0 atom stereocenters. The second-order valence-corrected chi connectivity index (χ2v) is 7.68. The number of anilines is 2. The van der Waals surface area contributed by atoms with E-state index in [-0.39, 0.29) is 17.5 Å². The van der Waals surface area contributed by atoms with Crippen molar-refractivity contribution in [3.63, 3.8) is 0 Å². The fourth-order valence-corrected chi connectivity index (χ4v) is 3.55. The summed E-state index contributed by atoms with van der Waals surface area (Å²) in [6.45, 7) is 7.94. The largest absolute Gasteiger partial charge is 0.378 e. The van der Waals surface area contributed by atoms with Gasteiger partial charge in [0.2, 0.25) is 11.9 Å². The van der Waals surface area contributed by atoms with Gasteiger partial charge in [-0.15, -0.1) is 10.2 Å². The van der Waals surface area contributed by atoms with Crippen molar-refractivity contribution < 1.29 is 13.9 Å². The maximum Gasteiger partial charge on any atom is 0.234 e. The second kappa shape index (κ2) is 9.18. The van der Waals surface area contributed by atoms with E-state index in [1.165, 1.54) is 23.9 Å². The van der Waals surface area contributed by atoms with Gasteiger partial charge in [0.15, 0.2) is 5.16 Å². The molecule has 0 radical (unpaired) electrons. The molecule has 146 valence electrons. The first-order valence-corrected chi connectivity index (χ1v) is 9.95. The molecule has 1 aliphatic heterocycles. The Hall–Kier alpha value is -2.13. The molecule has 0 saturated carbocycles. The second-order valence-electron chi connectivity index (χ2n) is 6.73. The van der Waals surface area contributed by atoms with Gasteiger partial charge >= 0.3 is 0 Å². The molecule has 0 bridgehead atoms. The van der Waals surface area contributed by atoms with Crippen LogP contribution in [-0.2, 0) is 16.1 Å². The number of ether oxygens (including phenoxy) is 1. The van der Waals surface area contributed by atoms with E-state index in [9.17, 15) is 9.18 Å². The number of carbonyl (C=O) groups is 1. The molecule has 1 aliphatic rings. The van der Waals surface area contributed by atoms with E-state index in [1.807, 2.05) is 0 Å². The Balaban J connectivity index is 1.66. The van der Waals surface area contributed by atoms with Crippen molar-refractivity contribution >= 4 is 29.3 Å². The summed E-state index contributed by atoms with van der Waals surface area (Å²) in [5.74, 6) is 0.821. The van der Waals surface area contributed by atoms with Gasteiger partial charge in [0, 0.05) is 25.3 Å². The molecule has 1 amide bonds. The third-order valence-electron chi connectivity index (χ3n) is 3.98. The van der Waals surface area contributed by atoms with E-state index in [2.05, 4.69) is 38.8 Å². The number of carbonyl (C=O) groups excluding carboxylic acids is 1. The molecule has 27 heavy (non-hydrogen) atoms. The highest BCUT2D eigenvalue weighted by molar-refractivity contribution is 7.99. The Kier molecular flexibility index (Phi) is 6.68. The van der Waals surface area contributed by atoms with Crippen LogP contribution >= 0.6 is 11.8 Å². The van der Waals surface area contributed by atoms with Crippen LogP contribution in [0, 0.1) is 11.7 Å². The lowest BCUT2D eigenvalue weighted by molar-refractivity contribution is -0.113. The number of rotatable bonds is 7. The Morgan fingerprint density at radius 2 is 2.11 bits per heavy atom. The zero-order valence-electron chi connectivity index (χ0n) is 15.5. The Morgan fingerprint density at radius 3 is 2.81 bits per heavy atom. The summed E-state index contributed by atoms with van der Waals surface area (Å²) < 4.78 is 20.7. The average Bonchev–Trinajstić information content (AvgIpc) is 3.02. The van der Waals surface area contributed by atoms with E-state index in [1.54, 1.807) is 12.1 Å². The van der Waals surface area contributed by atoms with Crippen molar-refractivity contribution in [3.05, 3.63) is 30.1 Å². The molecule has 1 saturated heterocycles. The zero-order chi connectivity index (χ0) is 19.2. The highest BCUT2D eigenvalue weighted by atomic mass is 32.2. The van der Waals surface area contributed by atoms with Gasteiger partial charge < -0.3 is 15.0 Å². The van der Waals surface area contributed by atoms with Gasteiger partial charge in [0.1, 0.15) is 5.82 Å². The van der Waals surface area contributed by atoms with Crippen molar-refractivity contribution in [1.29, 1.82) is 0 Å². The maximum absolute atomic E-state index is 13.2. The van der Waals surface area contributed by atoms with Crippen molar-refractivity contribution in [2.75, 3.05) is 42.3 Å². The summed E-state index contributed by atoms with van der Waals surface area (Å²) >= 11 is 1.33. The average molecular weight is 393 g/mol. The number of hydrogen-bond donors (Lipinski definition) is 1. The standard InChI is InChI=1S/C18H24FN5O2S/c1-13(2)11-24-17(23-6-8-26-9-7-23)21-22-18(24)27-12-16(25)20-15-5-3-4-14(19)10-15/h3-5,10,13H,6-9,11-12H2,1-2H3,(H,20,25). The van der Waals surface area contributed by atoms with Crippen LogP contribution in [0.15, 0.2) is 29.4 Å². The number of halogens is 1. The van der Waals surface area contributed by atoms with E-state index < -0.39 is 0 Å². The van der Waals surface area contributed by atoms with Gasteiger partial charge in [-0.2, -0.15) is 0 Å². The molecule has 0 spiro atoms. The fraction of sp³-hybridized carbons (Fsp3) is 0.500. The van der Waals surface area contributed by atoms with E-state index in [0.717, 1.165) is 25.6 Å². The predicted octanol–water partition coefficient (Wildman–Crippen LogP) is 2.64. The summed E-state index contributed by atoms with van der Waals surface area (Å²) in [5, 5.41) is 12.0. The molecule has 1 aromatic carbocycles. The van der Waals surface area contributed by atoms with Gasteiger partial charge in [-0.1, -0.05) is 31.7 Å². The number of morpholine rings is 1. The summed E-state index contributed by atoms with van der Waals surface area (Å²) in [6.07, 6.45) is 0. The number of amides is 1. The van der Waals surface area contributed by atoms with Crippen molar-refractivity contribution in [2.45, 2.75) is 25.5 Å². The first-order chi connectivity index (χ1) is 13.0. The highest BCUT2D eigenvalue weighted by Crippen LogP contribution is 2.24. The van der Waals surface area contributed by atoms with Crippen LogP contribution in [0.2, 0.25) is 0 Å². The molecule has 9 heteroatoms. The molecule has 0 unspecified atom stereocenters. The quantitative estimate of drug-likeness (QED) is 0.729. The first kappa shape index (κ1) is 19.6. The SMILES string of the molecule is CC(C)Cn1c(SCC(=O)Nc2cccc(F)c2)nnc1N1CCOCC1. The van der Waals surface area contributed by atoms with E-state index >= 15 is 0 Å². The normalized spacial score (nSPS) is 14.6. The third-order valence-corrected chi connectivity index (χ3v) is 4.95. The number of hydrogen-bond acceptors (Lipinski definition) is 6. The van der Waals surface area contributed by atoms with Gasteiger partial charge in [0.25, 0.3) is 0 Å². The lowest BCUT2D eigenvalue weighted by Gasteiger charge is -2.28. The number of thioether (sulfide) groups is 1. The van der Waals surface area contributed by atoms with Crippen molar-refractivity contribution in [1.82, 2.24) is 14.8 Å². The number of nitrogens with one attached hydrogen (secondary N) is 1. The molecule has 3 rings (SSSR count). The molecule has 0 aliphatic carbocycles. The van der Waals surface area contributed by atoms with Crippen LogP contribution < -0.4 is 10.2 Å². The van der Waals surface area contributed by atoms with Crippen LogP contribution in [0.25, 0.3) is 0 Å². The van der Waals surface area contributed by atoms with Crippen LogP contribution in [0.3, 0.4) is 0 Å². The summed E-state index contributed by atoms with van der Waals surface area (Å²) in [6, 6.07) is 5.85. The maximum atomic E-state index is 13.2. The van der Waals surface area contributed by atoms with E-state index in [4.69, 9.17) is 4.74 Å². The van der Waals surface area contributed by atoms with Gasteiger partial charge in [0.05, 0.1) is 19.0 Å². The monoisotopic (exact) mass is 393 g/mol. The lowest BCUT2D eigenvalue weighted by Crippen LogP contribution is -2.38. The minimum atomic E-state index is -0.382. The van der Waals surface area contributed by atoms with Gasteiger partial charge in [-0.05, 0) is 24.1 Å². The van der Waals surface area contributed by atoms with Crippen molar-refractivity contribution in [2.24, 2.45) is 5.92 Å². The molecule has 7 nitrogen and oxygen atoms in total. The Morgan fingerprint density at radius 1 is 1.33 bits per heavy atom. The van der Waals surface area contributed by atoms with Crippen LogP contribution in [0.1, 0.15) is 13.8 Å². The predicted molar refractivity (Wildman–Crippen MR) is 104 cm³/mol. The molecule has 1 fully saturated rings. The molecular formula is C18H24FN5O2S. The van der Waals surface area contributed by atoms with E-state index in [0.29, 0.717) is 30.0 Å². The molecule has 2 heterocycles. The number of nitrogens with zero attached hydrogens (tertiary/aromatic N) is 4. The van der Waals surface area contributed by atoms with Crippen molar-refractivity contribution in [3.8, 4) is 0 Å². The minimum absolute atomic E-state index is 0.176. The molecular weight excluding hydrogens is 369 g/mol. The van der Waals surface area contributed by atoms with Gasteiger partial charge in [-0.25, -0.2) is 4.39 Å². The summed E-state index contributed by atoms with van der Waals surface area (Å²) in [7, 11) is 0. The zero-order valence-corrected chi connectivity index (χ0v) is 16.3. The fourth-order valence-electron chi connectivity index (χ4n) is 2.80. The van der Waals surface area contributed by atoms with Gasteiger partial charge in [-0.3, -0.25) is 9.36 Å². The van der Waals surface area contributed by atoms with Crippen LogP contribution in [0.4, 0.5) is 16.0 Å². The molecule has 1 N–H and O–H groups in total. The topological polar surface area (TPSA) is 72.3 Å². The number of benzene rings is 1. The third kappa shape index (κ3) is 5.43. The Labute approximate surface area is 162 Å². The molecule has 2 aromatic rings. The van der Waals surface area contributed by atoms with Crippen LogP contribution in [-0.4, -0.2) is 52.7 Å². The van der Waals surface area contributed by atoms with Crippen LogP contribution in [0.5, 0.6) is 0 Å². The summed E-state index contributed by atoms with van der Waals surface area (Å²) in [5.41, 5.74) is 0.443. The summed E-state index contributed by atoms with van der Waals surface area (Å²) in [4.78, 5) is 14.4. The Bertz CT molecular complexity index is 777. The number of aromatic nitrogens is 3. The minimum Gasteiger partial charge on any atom is -0.378 e. The highest BCUT2D eigenvalue weighted by Gasteiger charge is 2.21. The smallest absolute Gasteiger partial charge is 0.234 e. The molecule has 1 aromatic heterocycles.